The van der Waals surface area contributed by atoms with E-state index < -0.39 is 0 Å². The fourth-order valence-electron chi connectivity index (χ4n) is 1.55. The number of aryl methyl sites for hydroxylation is 1. The molecule has 0 spiro atoms. The lowest BCUT2D eigenvalue weighted by atomic mass is 10.1. The molecule has 1 aromatic heterocycles. The van der Waals surface area contributed by atoms with Gasteiger partial charge in [-0.25, -0.2) is 0 Å². The van der Waals surface area contributed by atoms with Crippen LogP contribution < -0.4 is 5.32 Å². The van der Waals surface area contributed by atoms with Gasteiger partial charge in [0.25, 0.3) is 0 Å². The lowest BCUT2D eigenvalue weighted by Gasteiger charge is -2.07. The van der Waals surface area contributed by atoms with E-state index in [1.807, 2.05) is 14.0 Å². The van der Waals surface area contributed by atoms with Crippen LogP contribution in [-0.2, 0) is 0 Å². The molecule has 0 saturated heterocycles. The van der Waals surface area contributed by atoms with Crippen molar-refractivity contribution in [2.24, 2.45) is 0 Å². The van der Waals surface area contributed by atoms with E-state index in [0.717, 1.165) is 16.9 Å². The van der Waals surface area contributed by atoms with Crippen LogP contribution in [0, 0.1) is 10.5 Å². The zero-order chi connectivity index (χ0) is 10.1. The highest BCUT2D eigenvalue weighted by Crippen LogP contribution is 2.25. The molecular weight excluding hydrogens is 287 g/mol. The molecular formula is C11H11IN2. The van der Waals surface area contributed by atoms with Crippen LogP contribution in [0.5, 0.6) is 0 Å². The van der Waals surface area contributed by atoms with Crippen LogP contribution in [0.1, 0.15) is 5.69 Å². The van der Waals surface area contributed by atoms with Crippen LogP contribution in [0.3, 0.4) is 0 Å². The second-order valence-electron chi connectivity index (χ2n) is 3.20. The number of para-hydroxylation sites is 1. The van der Waals surface area contributed by atoms with Crippen LogP contribution in [-0.4, -0.2) is 12.0 Å². The Bertz CT molecular complexity index is 480. The molecule has 0 radical (unpaired) electrons. The predicted octanol–water partition coefficient (Wildman–Crippen LogP) is 3.19. The van der Waals surface area contributed by atoms with Crippen LogP contribution >= 0.6 is 22.6 Å². The zero-order valence-corrected chi connectivity index (χ0v) is 10.3. The Hall–Kier alpha value is -0.840. The Morgan fingerprint density at radius 3 is 2.86 bits per heavy atom. The number of nitrogens with one attached hydrogen (secondary N) is 1. The molecule has 0 aliphatic carbocycles. The summed E-state index contributed by atoms with van der Waals surface area (Å²) in [5.74, 6) is 0. The minimum Gasteiger partial charge on any atom is -0.388 e. The number of nitrogens with zero attached hydrogens (tertiary/aromatic N) is 1. The van der Waals surface area contributed by atoms with E-state index in [4.69, 9.17) is 0 Å². The van der Waals surface area contributed by atoms with Gasteiger partial charge in [-0.1, -0.05) is 12.1 Å². The fourth-order valence-corrected chi connectivity index (χ4v) is 2.17. The summed E-state index contributed by atoms with van der Waals surface area (Å²) in [6.45, 7) is 2.02. The van der Waals surface area contributed by atoms with Gasteiger partial charge in [0.15, 0.2) is 0 Å². The van der Waals surface area contributed by atoms with Crippen molar-refractivity contribution in [2.75, 3.05) is 12.4 Å². The topological polar surface area (TPSA) is 24.9 Å². The van der Waals surface area contributed by atoms with Gasteiger partial charge in [-0.3, -0.25) is 4.98 Å². The Labute approximate surface area is 96.9 Å². The summed E-state index contributed by atoms with van der Waals surface area (Å²) >= 11 is 2.32. The molecule has 0 atom stereocenters. The lowest BCUT2D eigenvalue weighted by Crippen LogP contribution is -1.94. The number of fused-ring (bicyclic) bond motifs is 1. The normalized spacial score (nSPS) is 10.5. The maximum absolute atomic E-state index is 4.54. The van der Waals surface area contributed by atoms with E-state index in [9.17, 15) is 0 Å². The quantitative estimate of drug-likeness (QED) is 0.818. The van der Waals surface area contributed by atoms with Gasteiger partial charge in [0.1, 0.15) is 0 Å². The third kappa shape index (κ3) is 1.56. The fraction of sp³-hybridized carbons (Fsp3) is 0.182. The summed E-state index contributed by atoms with van der Waals surface area (Å²) in [6, 6.07) is 8.30. The van der Waals surface area contributed by atoms with Crippen molar-refractivity contribution in [3.8, 4) is 0 Å². The van der Waals surface area contributed by atoms with Gasteiger partial charge in [-0.05, 0) is 41.6 Å². The van der Waals surface area contributed by atoms with Crippen molar-refractivity contribution in [3.05, 3.63) is 33.5 Å². The smallest absolute Gasteiger partial charge is 0.0859 e. The molecule has 1 aromatic carbocycles. The van der Waals surface area contributed by atoms with E-state index in [0.29, 0.717) is 0 Å². The number of halogens is 1. The Kier molecular flexibility index (Phi) is 2.58. The highest BCUT2D eigenvalue weighted by atomic mass is 127. The first-order valence-corrected chi connectivity index (χ1v) is 5.54. The first-order chi connectivity index (χ1) is 6.72. The molecule has 0 amide bonds. The largest absolute Gasteiger partial charge is 0.388 e. The number of benzene rings is 1. The van der Waals surface area contributed by atoms with Crippen molar-refractivity contribution in [3.63, 3.8) is 0 Å². The van der Waals surface area contributed by atoms with E-state index in [2.05, 4.69) is 57.2 Å². The number of anilines is 1. The summed E-state index contributed by atoms with van der Waals surface area (Å²) in [5, 5.41) is 4.38. The molecule has 72 valence electrons. The molecule has 1 N–H and O–H groups in total. The molecule has 0 unspecified atom stereocenters. The van der Waals surface area contributed by atoms with E-state index in [-0.39, 0.29) is 0 Å². The number of aromatic nitrogens is 1. The highest BCUT2D eigenvalue weighted by Gasteiger charge is 2.04. The Balaban J connectivity index is 2.87. The van der Waals surface area contributed by atoms with Crippen molar-refractivity contribution in [2.45, 2.75) is 6.92 Å². The summed E-state index contributed by atoms with van der Waals surface area (Å²) in [5.41, 5.74) is 3.27. The molecule has 0 fully saturated rings. The first kappa shape index (κ1) is 9.71. The monoisotopic (exact) mass is 298 g/mol. The minimum absolute atomic E-state index is 1.05. The van der Waals surface area contributed by atoms with Gasteiger partial charge in [0.2, 0.25) is 0 Å². The summed E-state index contributed by atoms with van der Waals surface area (Å²) in [6.07, 6.45) is 0. The molecule has 2 nitrogen and oxygen atoms in total. The van der Waals surface area contributed by atoms with E-state index in [1.54, 1.807) is 0 Å². The molecule has 3 heteroatoms. The Morgan fingerprint density at radius 2 is 2.14 bits per heavy atom. The molecule has 2 rings (SSSR count). The second-order valence-corrected chi connectivity index (χ2v) is 4.36. The van der Waals surface area contributed by atoms with Crippen LogP contribution in [0.2, 0.25) is 0 Å². The number of pyridine rings is 1. The lowest BCUT2D eigenvalue weighted by molar-refractivity contribution is 1.25. The van der Waals surface area contributed by atoms with Gasteiger partial charge in [-0.15, -0.1) is 0 Å². The molecule has 0 saturated carbocycles. The van der Waals surface area contributed by atoms with E-state index in [1.165, 1.54) is 8.96 Å². The maximum Gasteiger partial charge on any atom is 0.0859 e. The number of rotatable bonds is 1. The molecule has 0 aliphatic heterocycles. The van der Waals surface area contributed by atoms with Crippen LogP contribution in [0.4, 0.5) is 5.69 Å². The van der Waals surface area contributed by atoms with Gasteiger partial charge in [0.05, 0.1) is 5.52 Å². The van der Waals surface area contributed by atoms with Gasteiger partial charge in [0, 0.05) is 27.4 Å². The standard InChI is InChI=1S/C11H11IN2/c1-7-6-10(13-2)8-4-3-5-9(12)11(8)14-7/h3-6H,1-2H3,(H,13,14). The van der Waals surface area contributed by atoms with Crippen molar-refractivity contribution < 1.29 is 0 Å². The highest BCUT2D eigenvalue weighted by molar-refractivity contribution is 14.1. The maximum atomic E-state index is 4.54. The number of hydrogen-bond acceptors (Lipinski definition) is 2. The van der Waals surface area contributed by atoms with Crippen LogP contribution in [0.25, 0.3) is 10.9 Å². The predicted molar refractivity (Wildman–Crippen MR) is 68.7 cm³/mol. The summed E-state index contributed by atoms with van der Waals surface area (Å²) < 4.78 is 1.19. The summed E-state index contributed by atoms with van der Waals surface area (Å²) in [4.78, 5) is 4.54. The molecule has 2 aromatic rings. The van der Waals surface area contributed by atoms with Gasteiger partial charge in [-0.2, -0.15) is 0 Å². The third-order valence-electron chi connectivity index (χ3n) is 2.19. The Morgan fingerprint density at radius 1 is 1.36 bits per heavy atom. The molecule has 0 bridgehead atoms. The first-order valence-electron chi connectivity index (χ1n) is 4.46. The molecule has 1 heterocycles. The van der Waals surface area contributed by atoms with Crippen molar-refractivity contribution in [1.29, 1.82) is 0 Å². The summed E-state index contributed by atoms with van der Waals surface area (Å²) in [7, 11) is 1.94. The molecule has 0 aliphatic rings. The third-order valence-corrected chi connectivity index (χ3v) is 3.06. The number of hydrogen-bond donors (Lipinski definition) is 1. The second kappa shape index (κ2) is 3.73. The van der Waals surface area contributed by atoms with Crippen molar-refractivity contribution in [1.82, 2.24) is 4.98 Å². The molecule has 14 heavy (non-hydrogen) atoms. The minimum atomic E-state index is 1.05. The zero-order valence-electron chi connectivity index (χ0n) is 8.13. The van der Waals surface area contributed by atoms with Crippen molar-refractivity contribution >= 4 is 39.2 Å². The average Bonchev–Trinajstić information content (AvgIpc) is 2.18. The SMILES string of the molecule is CNc1cc(C)nc2c(I)cccc12. The average molecular weight is 298 g/mol. The van der Waals surface area contributed by atoms with E-state index >= 15 is 0 Å². The van der Waals surface area contributed by atoms with Crippen LogP contribution in [0.15, 0.2) is 24.3 Å². The van der Waals surface area contributed by atoms with Gasteiger partial charge >= 0.3 is 0 Å². The van der Waals surface area contributed by atoms with Gasteiger partial charge < -0.3 is 5.32 Å².